The maximum absolute atomic E-state index is 9.90. The Labute approximate surface area is 124 Å². The molecule has 0 aliphatic heterocycles. The number of rotatable bonds is 7. The molecular formula is C15H21N3O3. The molecule has 6 heteroatoms. The Hall–Kier alpha value is -2.08. The van der Waals surface area contributed by atoms with Gasteiger partial charge in [0.1, 0.15) is 5.75 Å². The Balaban J connectivity index is 2.01. The van der Waals surface area contributed by atoms with Crippen LogP contribution in [0.5, 0.6) is 5.75 Å². The first-order valence-electron chi connectivity index (χ1n) is 7.04. The van der Waals surface area contributed by atoms with E-state index in [0.717, 1.165) is 17.7 Å². The molecule has 2 atom stereocenters. The summed E-state index contributed by atoms with van der Waals surface area (Å²) in [6, 6.07) is 7.73. The van der Waals surface area contributed by atoms with Gasteiger partial charge in [0, 0.05) is 12.1 Å². The summed E-state index contributed by atoms with van der Waals surface area (Å²) in [6.07, 6.45) is 0.476. The van der Waals surface area contributed by atoms with Gasteiger partial charge in [-0.25, -0.2) is 0 Å². The largest absolute Gasteiger partial charge is 0.497 e. The third kappa shape index (κ3) is 3.95. The fraction of sp³-hybridized carbons (Fsp3) is 0.467. The lowest BCUT2D eigenvalue weighted by atomic mass is 10.0. The molecule has 0 saturated heterocycles. The number of methoxy groups -OCH3 is 1. The molecule has 21 heavy (non-hydrogen) atoms. The van der Waals surface area contributed by atoms with Gasteiger partial charge in [-0.1, -0.05) is 37.6 Å². The van der Waals surface area contributed by atoms with Crippen molar-refractivity contribution < 1.29 is 14.4 Å². The number of ether oxygens (including phenoxy) is 1. The van der Waals surface area contributed by atoms with Crippen molar-refractivity contribution in [3.8, 4) is 17.1 Å². The van der Waals surface area contributed by atoms with Crippen LogP contribution in [0.4, 0.5) is 6.01 Å². The summed E-state index contributed by atoms with van der Waals surface area (Å²) >= 11 is 0. The molecule has 0 aliphatic rings. The molecule has 0 spiro atoms. The number of nitrogens with one attached hydrogen (secondary N) is 1. The van der Waals surface area contributed by atoms with Crippen LogP contribution >= 0.6 is 0 Å². The Morgan fingerprint density at radius 3 is 2.95 bits per heavy atom. The number of aromatic nitrogens is 2. The first-order valence-corrected chi connectivity index (χ1v) is 7.04. The van der Waals surface area contributed by atoms with E-state index in [2.05, 4.69) is 15.5 Å². The van der Waals surface area contributed by atoms with Gasteiger partial charge < -0.3 is 19.7 Å². The van der Waals surface area contributed by atoms with Crippen LogP contribution in [-0.4, -0.2) is 35.0 Å². The van der Waals surface area contributed by atoms with Crippen molar-refractivity contribution in [3.05, 3.63) is 24.3 Å². The predicted octanol–water partition coefficient (Wildman–Crippen LogP) is 2.56. The second kappa shape index (κ2) is 7.08. The molecule has 0 radical (unpaired) electrons. The predicted molar refractivity (Wildman–Crippen MR) is 80.2 cm³/mol. The second-order valence-electron chi connectivity index (χ2n) is 4.99. The standard InChI is InChI=1S/C15H21N3O3/c1-4-10(2)13(19)9-16-15-17-14(18-21-15)11-6-5-7-12(8-11)20-3/h5-8,10,13,19H,4,9H2,1-3H3,(H,16,17,18). The maximum Gasteiger partial charge on any atom is 0.321 e. The highest BCUT2D eigenvalue weighted by molar-refractivity contribution is 5.57. The lowest BCUT2D eigenvalue weighted by Crippen LogP contribution is -2.26. The summed E-state index contributed by atoms with van der Waals surface area (Å²) in [4.78, 5) is 4.26. The Bertz CT molecular complexity index is 571. The molecule has 0 saturated carbocycles. The van der Waals surface area contributed by atoms with E-state index >= 15 is 0 Å². The van der Waals surface area contributed by atoms with E-state index in [1.165, 1.54) is 0 Å². The molecule has 0 bridgehead atoms. The van der Waals surface area contributed by atoms with Crippen LogP contribution in [0.3, 0.4) is 0 Å². The lowest BCUT2D eigenvalue weighted by molar-refractivity contribution is 0.126. The van der Waals surface area contributed by atoms with Crippen LogP contribution in [0.2, 0.25) is 0 Å². The van der Waals surface area contributed by atoms with Crippen molar-refractivity contribution >= 4 is 6.01 Å². The van der Waals surface area contributed by atoms with Gasteiger partial charge in [-0.15, -0.1) is 0 Å². The highest BCUT2D eigenvalue weighted by atomic mass is 16.5. The molecule has 1 aromatic carbocycles. The fourth-order valence-corrected chi connectivity index (χ4v) is 1.84. The summed E-state index contributed by atoms with van der Waals surface area (Å²) in [7, 11) is 1.61. The van der Waals surface area contributed by atoms with Crippen LogP contribution in [0.15, 0.2) is 28.8 Å². The molecule has 0 amide bonds. The first-order chi connectivity index (χ1) is 10.1. The van der Waals surface area contributed by atoms with Gasteiger partial charge in [0.25, 0.3) is 0 Å². The van der Waals surface area contributed by atoms with Crippen molar-refractivity contribution in [1.29, 1.82) is 0 Å². The molecule has 1 heterocycles. The highest BCUT2D eigenvalue weighted by Gasteiger charge is 2.14. The van der Waals surface area contributed by atoms with Crippen molar-refractivity contribution in [3.63, 3.8) is 0 Å². The quantitative estimate of drug-likeness (QED) is 0.816. The number of aliphatic hydroxyl groups is 1. The SMILES string of the molecule is CCC(C)C(O)CNc1nc(-c2cccc(OC)c2)no1. The normalized spacial score (nSPS) is 13.7. The molecule has 1 aromatic heterocycles. The van der Waals surface area contributed by atoms with Crippen molar-refractivity contribution in [2.24, 2.45) is 5.92 Å². The number of benzene rings is 1. The number of hydrogen-bond acceptors (Lipinski definition) is 6. The van der Waals surface area contributed by atoms with Gasteiger partial charge in [-0.3, -0.25) is 0 Å². The smallest absolute Gasteiger partial charge is 0.321 e. The van der Waals surface area contributed by atoms with Gasteiger partial charge in [-0.2, -0.15) is 4.98 Å². The van der Waals surface area contributed by atoms with E-state index in [4.69, 9.17) is 9.26 Å². The zero-order valence-electron chi connectivity index (χ0n) is 12.5. The minimum Gasteiger partial charge on any atom is -0.497 e. The van der Waals surface area contributed by atoms with E-state index < -0.39 is 6.10 Å². The summed E-state index contributed by atoms with van der Waals surface area (Å²) in [5.41, 5.74) is 0.814. The number of aliphatic hydroxyl groups excluding tert-OH is 1. The first kappa shape index (κ1) is 15.3. The van der Waals surface area contributed by atoms with E-state index in [1.807, 2.05) is 38.1 Å². The molecular weight excluding hydrogens is 270 g/mol. The molecule has 0 aliphatic carbocycles. The molecule has 2 aromatic rings. The van der Waals surface area contributed by atoms with Gasteiger partial charge in [0.2, 0.25) is 5.82 Å². The highest BCUT2D eigenvalue weighted by Crippen LogP contribution is 2.22. The Morgan fingerprint density at radius 1 is 1.43 bits per heavy atom. The summed E-state index contributed by atoms with van der Waals surface area (Å²) in [5, 5.41) is 16.8. The Kier molecular flexibility index (Phi) is 5.16. The molecule has 2 unspecified atom stereocenters. The zero-order chi connectivity index (χ0) is 15.2. The van der Waals surface area contributed by atoms with Crippen molar-refractivity contribution in [2.45, 2.75) is 26.4 Å². The molecule has 2 rings (SSSR count). The van der Waals surface area contributed by atoms with Crippen molar-refractivity contribution in [1.82, 2.24) is 10.1 Å². The molecule has 6 nitrogen and oxygen atoms in total. The van der Waals surface area contributed by atoms with Gasteiger partial charge in [0.05, 0.1) is 13.2 Å². The fourth-order valence-electron chi connectivity index (χ4n) is 1.84. The number of nitrogens with zero attached hydrogens (tertiary/aromatic N) is 2. The monoisotopic (exact) mass is 291 g/mol. The number of anilines is 1. The van der Waals surface area contributed by atoms with Gasteiger partial charge >= 0.3 is 6.01 Å². The van der Waals surface area contributed by atoms with E-state index in [0.29, 0.717) is 18.4 Å². The second-order valence-corrected chi connectivity index (χ2v) is 4.99. The van der Waals surface area contributed by atoms with Crippen LogP contribution in [0.1, 0.15) is 20.3 Å². The average Bonchev–Trinajstić information content (AvgIpc) is 3.00. The van der Waals surface area contributed by atoms with Crippen LogP contribution in [0.25, 0.3) is 11.4 Å². The topological polar surface area (TPSA) is 80.4 Å². The van der Waals surface area contributed by atoms with Crippen LogP contribution in [0, 0.1) is 5.92 Å². The minimum absolute atomic E-state index is 0.221. The van der Waals surface area contributed by atoms with Crippen LogP contribution < -0.4 is 10.1 Å². The molecule has 2 N–H and O–H groups in total. The van der Waals surface area contributed by atoms with Crippen molar-refractivity contribution in [2.75, 3.05) is 19.0 Å². The maximum atomic E-state index is 9.90. The van der Waals surface area contributed by atoms with Gasteiger partial charge in [0.15, 0.2) is 0 Å². The van der Waals surface area contributed by atoms with Gasteiger partial charge in [-0.05, 0) is 18.1 Å². The minimum atomic E-state index is -0.442. The molecule has 0 fully saturated rings. The lowest BCUT2D eigenvalue weighted by Gasteiger charge is -2.16. The molecule has 114 valence electrons. The number of hydrogen-bond donors (Lipinski definition) is 2. The third-order valence-corrected chi connectivity index (χ3v) is 3.52. The average molecular weight is 291 g/mol. The third-order valence-electron chi connectivity index (χ3n) is 3.52. The van der Waals surface area contributed by atoms with E-state index in [-0.39, 0.29) is 5.92 Å². The summed E-state index contributed by atoms with van der Waals surface area (Å²) in [5.74, 6) is 1.44. The van der Waals surface area contributed by atoms with E-state index in [9.17, 15) is 5.11 Å². The Morgan fingerprint density at radius 2 is 2.24 bits per heavy atom. The summed E-state index contributed by atoms with van der Waals surface area (Å²) < 4.78 is 10.3. The van der Waals surface area contributed by atoms with Crippen LogP contribution in [-0.2, 0) is 0 Å². The zero-order valence-corrected chi connectivity index (χ0v) is 12.5. The summed E-state index contributed by atoms with van der Waals surface area (Å²) in [6.45, 7) is 4.43. The van der Waals surface area contributed by atoms with E-state index in [1.54, 1.807) is 7.11 Å².